The van der Waals surface area contributed by atoms with Crippen molar-refractivity contribution in [1.82, 2.24) is 5.32 Å². The van der Waals surface area contributed by atoms with E-state index in [9.17, 15) is 9.59 Å². The molecule has 1 heterocycles. The van der Waals surface area contributed by atoms with E-state index in [1.807, 2.05) is 36.5 Å². The molecule has 0 aromatic rings. The highest BCUT2D eigenvalue weighted by molar-refractivity contribution is 5.87. The summed E-state index contributed by atoms with van der Waals surface area (Å²) in [4.78, 5) is 23.3. The molecule has 1 N–H and O–H groups in total. The van der Waals surface area contributed by atoms with Crippen LogP contribution in [0, 0.1) is 11.8 Å². The highest BCUT2D eigenvalue weighted by Gasteiger charge is 2.59. The highest BCUT2D eigenvalue weighted by atomic mass is 16.6. The molecule has 4 heteroatoms. The molecule has 88 valence electrons. The fourth-order valence-corrected chi connectivity index (χ4v) is 2.97. The first kappa shape index (κ1) is 10.3. The van der Waals surface area contributed by atoms with Crippen LogP contribution in [0.2, 0.25) is 0 Å². The van der Waals surface area contributed by atoms with Crippen molar-refractivity contribution in [2.75, 3.05) is 0 Å². The number of rotatable bonds is 1. The van der Waals surface area contributed by atoms with Crippen LogP contribution in [0.15, 0.2) is 36.5 Å². The molecule has 4 nitrogen and oxygen atoms in total. The molecular formula is C13H13NO3. The average molecular weight is 231 g/mol. The summed E-state index contributed by atoms with van der Waals surface area (Å²) < 4.78 is 5.49. The quantitative estimate of drug-likeness (QED) is 0.534. The lowest BCUT2D eigenvalue weighted by atomic mass is 9.73. The Morgan fingerprint density at radius 3 is 2.94 bits per heavy atom. The maximum absolute atomic E-state index is 12.0. The zero-order chi connectivity index (χ0) is 12.0. The van der Waals surface area contributed by atoms with Gasteiger partial charge in [-0.2, -0.15) is 0 Å². The molecule has 1 saturated heterocycles. The van der Waals surface area contributed by atoms with E-state index in [0.29, 0.717) is 0 Å². The maximum Gasteiger partial charge on any atom is 0.303 e. The zero-order valence-corrected chi connectivity index (χ0v) is 9.42. The van der Waals surface area contributed by atoms with Gasteiger partial charge in [0.15, 0.2) is 5.60 Å². The standard InChI is InChI=1S/C13H13NO3/c1-8(15)17-13-7-3-2-4-9-5-6-10(13)14-12(16)11(9)13/h2-7,9-11H,1H3,(H,14,16)/t9-,10+,11+,13+/m0/s1. The second kappa shape index (κ2) is 3.32. The largest absolute Gasteiger partial charge is 0.452 e. The van der Waals surface area contributed by atoms with Crippen molar-refractivity contribution in [3.8, 4) is 0 Å². The van der Waals surface area contributed by atoms with Gasteiger partial charge < -0.3 is 10.1 Å². The van der Waals surface area contributed by atoms with Crippen LogP contribution in [0.25, 0.3) is 0 Å². The van der Waals surface area contributed by atoms with E-state index in [4.69, 9.17) is 4.74 Å². The molecule has 1 aliphatic heterocycles. The Bertz CT molecular complexity index is 477. The van der Waals surface area contributed by atoms with Gasteiger partial charge in [-0.25, -0.2) is 0 Å². The summed E-state index contributed by atoms with van der Waals surface area (Å²) in [5, 5.41) is 2.87. The molecule has 0 unspecified atom stereocenters. The van der Waals surface area contributed by atoms with Gasteiger partial charge in [-0.05, 0) is 6.08 Å². The van der Waals surface area contributed by atoms with Gasteiger partial charge in [0, 0.05) is 12.8 Å². The minimum absolute atomic E-state index is 0.0110. The van der Waals surface area contributed by atoms with Gasteiger partial charge in [0.05, 0.1) is 12.0 Å². The van der Waals surface area contributed by atoms with Crippen molar-refractivity contribution in [1.29, 1.82) is 0 Å². The number of ether oxygens (including phenoxy) is 1. The molecule has 3 aliphatic rings. The molecule has 1 amide bonds. The van der Waals surface area contributed by atoms with E-state index in [1.165, 1.54) is 6.92 Å². The lowest BCUT2D eigenvalue weighted by Gasteiger charge is -2.37. The number of nitrogens with one attached hydrogen (secondary N) is 1. The number of esters is 1. The van der Waals surface area contributed by atoms with Crippen LogP contribution in [0.5, 0.6) is 0 Å². The van der Waals surface area contributed by atoms with Crippen molar-refractivity contribution >= 4 is 11.9 Å². The Morgan fingerprint density at radius 2 is 2.18 bits per heavy atom. The zero-order valence-electron chi connectivity index (χ0n) is 9.42. The number of amides is 1. The molecule has 0 aromatic carbocycles. The number of carbonyl (C=O) groups excluding carboxylic acids is 2. The lowest BCUT2D eigenvalue weighted by molar-refractivity contribution is -0.157. The van der Waals surface area contributed by atoms with E-state index in [0.717, 1.165) is 0 Å². The highest BCUT2D eigenvalue weighted by Crippen LogP contribution is 2.44. The van der Waals surface area contributed by atoms with Gasteiger partial charge in [0.25, 0.3) is 0 Å². The summed E-state index contributed by atoms with van der Waals surface area (Å²) in [6.07, 6.45) is 11.4. The van der Waals surface area contributed by atoms with Gasteiger partial charge in [-0.3, -0.25) is 9.59 Å². The molecule has 0 saturated carbocycles. The Morgan fingerprint density at radius 1 is 1.35 bits per heavy atom. The predicted molar refractivity (Wildman–Crippen MR) is 60.8 cm³/mol. The first-order chi connectivity index (χ1) is 8.13. The molecule has 3 rings (SSSR count). The smallest absolute Gasteiger partial charge is 0.303 e. The van der Waals surface area contributed by atoms with Crippen molar-refractivity contribution < 1.29 is 14.3 Å². The second-order valence-corrected chi connectivity index (χ2v) is 4.62. The third-order valence-corrected chi connectivity index (χ3v) is 3.58. The summed E-state index contributed by atoms with van der Waals surface area (Å²) in [7, 11) is 0. The third-order valence-electron chi connectivity index (χ3n) is 3.58. The summed E-state index contributed by atoms with van der Waals surface area (Å²) in [6.45, 7) is 1.37. The molecule has 0 aromatic heterocycles. The molecule has 1 fully saturated rings. The normalized spacial score (nSPS) is 41.0. The Kier molecular flexibility index (Phi) is 2.02. The minimum atomic E-state index is -0.855. The number of carbonyl (C=O) groups is 2. The SMILES string of the molecule is CC(=O)O[C@]12C=CC=C[C@H]3C=C[C@H]1NC(=O)[C@@H]32. The van der Waals surface area contributed by atoms with Gasteiger partial charge >= 0.3 is 5.97 Å². The van der Waals surface area contributed by atoms with Crippen LogP contribution < -0.4 is 5.32 Å². The summed E-state index contributed by atoms with van der Waals surface area (Å²) in [5.74, 6) is -0.779. The van der Waals surface area contributed by atoms with Gasteiger partial charge in [0.1, 0.15) is 0 Å². The van der Waals surface area contributed by atoms with Crippen LogP contribution in [0.1, 0.15) is 6.92 Å². The van der Waals surface area contributed by atoms with Crippen molar-refractivity contribution in [2.45, 2.75) is 18.6 Å². The van der Waals surface area contributed by atoms with Crippen LogP contribution in [-0.4, -0.2) is 23.5 Å². The molecule has 17 heavy (non-hydrogen) atoms. The van der Waals surface area contributed by atoms with E-state index in [1.54, 1.807) is 0 Å². The minimum Gasteiger partial charge on any atom is -0.452 e. The Balaban J connectivity index is 2.14. The fraction of sp³-hybridized carbons (Fsp3) is 0.385. The van der Waals surface area contributed by atoms with Gasteiger partial charge in [-0.15, -0.1) is 0 Å². The molecule has 4 bridgehead atoms. The maximum atomic E-state index is 12.0. The van der Waals surface area contributed by atoms with Crippen LogP contribution in [-0.2, 0) is 14.3 Å². The summed E-state index contributed by atoms with van der Waals surface area (Å²) >= 11 is 0. The van der Waals surface area contributed by atoms with Gasteiger partial charge in [-0.1, -0.05) is 30.4 Å². The second-order valence-electron chi connectivity index (χ2n) is 4.62. The molecule has 0 radical (unpaired) electrons. The molecular weight excluding hydrogens is 218 g/mol. The van der Waals surface area contributed by atoms with Crippen LogP contribution in [0.3, 0.4) is 0 Å². The van der Waals surface area contributed by atoms with Crippen molar-refractivity contribution in [3.63, 3.8) is 0 Å². The van der Waals surface area contributed by atoms with Gasteiger partial charge in [0.2, 0.25) is 5.91 Å². The number of hydrogen-bond acceptors (Lipinski definition) is 3. The van der Waals surface area contributed by atoms with E-state index in [2.05, 4.69) is 5.32 Å². The summed E-state index contributed by atoms with van der Waals surface area (Å²) in [6, 6.07) is -0.253. The number of hydrogen-bond donors (Lipinski definition) is 1. The molecule has 4 atom stereocenters. The monoisotopic (exact) mass is 231 g/mol. The first-order valence-corrected chi connectivity index (χ1v) is 5.68. The van der Waals surface area contributed by atoms with Crippen molar-refractivity contribution in [3.05, 3.63) is 36.5 Å². The van der Waals surface area contributed by atoms with Crippen LogP contribution >= 0.6 is 0 Å². The van der Waals surface area contributed by atoms with E-state index < -0.39 is 5.60 Å². The molecule has 0 spiro atoms. The average Bonchev–Trinajstić information content (AvgIpc) is 2.39. The van der Waals surface area contributed by atoms with E-state index >= 15 is 0 Å². The topological polar surface area (TPSA) is 55.4 Å². The number of allylic oxidation sites excluding steroid dienone is 4. The fourth-order valence-electron chi connectivity index (χ4n) is 2.97. The lowest BCUT2D eigenvalue weighted by Crippen LogP contribution is -2.50. The Labute approximate surface area is 99.0 Å². The predicted octanol–water partition coefficient (Wildman–Crippen LogP) is 0.715. The summed E-state index contributed by atoms with van der Waals surface area (Å²) in [5.41, 5.74) is -0.855. The first-order valence-electron chi connectivity index (χ1n) is 5.68. The Hall–Kier alpha value is -1.84. The van der Waals surface area contributed by atoms with Crippen molar-refractivity contribution in [2.24, 2.45) is 11.8 Å². The van der Waals surface area contributed by atoms with E-state index in [-0.39, 0.29) is 29.8 Å². The van der Waals surface area contributed by atoms with Crippen LogP contribution in [0.4, 0.5) is 0 Å². The third kappa shape index (κ3) is 1.30. The molecule has 2 aliphatic carbocycles.